The van der Waals surface area contributed by atoms with Crippen LogP contribution in [0.5, 0.6) is 5.75 Å². The van der Waals surface area contributed by atoms with Gasteiger partial charge in [-0.3, -0.25) is 4.79 Å². The van der Waals surface area contributed by atoms with Crippen molar-refractivity contribution in [1.29, 1.82) is 0 Å². The first-order valence-corrected chi connectivity index (χ1v) is 9.19. The van der Waals surface area contributed by atoms with Gasteiger partial charge >= 0.3 is 0 Å². The molecule has 0 aromatic heterocycles. The zero-order valence-electron chi connectivity index (χ0n) is 14.2. The van der Waals surface area contributed by atoms with Crippen molar-refractivity contribution in [2.75, 3.05) is 0 Å². The summed E-state index contributed by atoms with van der Waals surface area (Å²) in [5.74, 6) is 2.36. The molecule has 0 saturated heterocycles. The molecule has 2 aliphatic rings. The van der Waals surface area contributed by atoms with Crippen LogP contribution in [0, 0.1) is 11.8 Å². The average molecular weight is 323 g/mol. The summed E-state index contributed by atoms with van der Waals surface area (Å²) in [7, 11) is 0. The fraction of sp³-hybridized carbons (Fsp3) is 0.476. The Balaban J connectivity index is 1.48. The number of fused-ring (bicyclic) bond motifs is 3. The van der Waals surface area contributed by atoms with Crippen molar-refractivity contribution < 1.29 is 9.53 Å². The molecule has 0 unspecified atom stereocenters. The second kappa shape index (κ2) is 6.46. The highest BCUT2D eigenvalue weighted by Crippen LogP contribution is 2.44. The fourth-order valence-corrected chi connectivity index (χ4v) is 4.47. The molecule has 0 aliphatic heterocycles. The van der Waals surface area contributed by atoms with Crippen molar-refractivity contribution in [3.63, 3.8) is 0 Å². The molecule has 2 saturated carbocycles. The number of amides is 1. The molecule has 1 N–H and O–H groups in total. The van der Waals surface area contributed by atoms with Gasteiger partial charge in [-0.05, 0) is 49.0 Å². The maximum atomic E-state index is 12.7. The third kappa shape index (κ3) is 2.88. The first kappa shape index (κ1) is 15.5. The summed E-state index contributed by atoms with van der Waals surface area (Å²) in [5, 5.41) is 5.46. The highest BCUT2D eigenvalue weighted by Gasteiger charge is 2.40. The first-order chi connectivity index (χ1) is 11.7. The Kier molecular flexibility index (Phi) is 4.17. The van der Waals surface area contributed by atoms with Crippen molar-refractivity contribution in [2.45, 2.75) is 51.2 Å². The van der Waals surface area contributed by atoms with E-state index in [0.29, 0.717) is 18.4 Å². The van der Waals surface area contributed by atoms with Crippen LogP contribution in [0.15, 0.2) is 42.5 Å². The number of carbonyl (C=O) groups excluding carboxylic acids is 1. The van der Waals surface area contributed by atoms with E-state index in [1.165, 1.54) is 19.3 Å². The van der Waals surface area contributed by atoms with Gasteiger partial charge in [0.25, 0.3) is 5.91 Å². The van der Waals surface area contributed by atoms with E-state index in [4.69, 9.17) is 4.74 Å². The quantitative estimate of drug-likeness (QED) is 0.891. The lowest BCUT2D eigenvalue weighted by Crippen LogP contribution is -2.45. The Hall–Kier alpha value is -2.03. The van der Waals surface area contributed by atoms with Gasteiger partial charge in [0.1, 0.15) is 5.75 Å². The van der Waals surface area contributed by atoms with Gasteiger partial charge < -0.3 is 10.1 Å². The van der Waals surface area contributed by atoms with Crippen molar-refractivity contribution >= 4 is 16.7 Å². The van der Waals surface area contributed by atoms with Gasteiger partial charge in [-0.15, -0.1) is 0 Å². The first-order valence-electron chi connectivity index (χ1n) is 9.19. The minimum atomic E-state index is -0.421. The molecule has 126 valence electrons. The maximum absolute atomic E-state index is 12.7. The van der Waals surface area contributed by atoms with Crippen molar-refractivity contribution in [1.82, 2.24) is 5.32 Å². The lowest BCUT2D eigenvalue weighted by Gasteiger charge is -2.26. The molecule has 0 heterocycles. The van der Waals surface area contributed by atoms with Crippen LogP contribution in [0.3, 0.4) is 0 Å². The highest BCUT2D eigenvalue weighted by atomic mass is 16.5. The summed E-state index contributed by atoms with van der Waals surface area (Å²) in [6.45, 7) is 2.01. The number of rotatable bonds is 5. The minimum absolute atomic E-state index is 0.0444. The standard InChI is InChI=1S/C21H25NO2/c1-2-19(21(23)22-18-13-14-10-11-16(18)12-14)24-20-9-5-7-15-6-3-4-8-17(15)20/h3-9,14,16,18-19H,2,10-13H2,1H3,(H,22,23)/t14-,16-,18-,19+/m0/s1. The molecule has 2 bridgehead atoms. The van der Waals surface area contributed by atoms with E-state index < -0.39 is 6.10 Å². The summed E-state index contributed by atoms with van der Waals surface area (Å²) in [5.41, 5.74) is 0. The van der Waals surface area contributed by atoms with Crippen LogP contribution in [0.2, 0.25) is 0 Å². The van der Waals surface area contributed by atoms with Gasteiger partial charge in [0.2, 0.25) is 0 Å². The van der Waals surface area contributed by atoms with E-state index in [1.807, 2.05) is 37.3 Å². The molecular formula is C21H25NO2. The molecule has 3 nitrogen and oxygen atoms in total. The van der Waals surface area contributed by atoms with Crippen LogP contribution in [0.4, 0.5) is 0 Å². The Labute approximate surface area is 143 Å². The number of ether oxygens (including phenoxy) is 1. The highest BCUT2D eigenvalue weighted by molar-refractivity contribution is 5.89. The van der Waals surface area contributed by atoms with Crippen LogP contribution in [0.25, 0.3) is 10.8 Å². The van der Waals surface area contributed by atoms with Crippen LogP contribution >= 0.6 is 0 Å². The lowest BCUT2D eigenvalue weighted by molar-refractivity contribution is -0.129. The third-order valence-corrected chi connectivity index (χ3v) is 5.75. The summed E-state index contributed by atoms with van der Waals surface area (Å²) in [6.07, 6.45) is 5.33. The SMILES string of the molecule is CC[C@@H](Oc1cccc2ccccc12)C(=O)N[C@H]1C[C@H]2CC[C@H]1C2. The van der Waals surface area contributed by atoms with Gasteiger partial charge in [-0.25, -0.2) is 0 Å². The van der Waals surface area contributed by atoms with Crippen molar-refractivity contribution in [3.05, 3.63) is 42.5 Å². The number of benzene rings is 2. The Bertz CT molecular complexity index is 736. The van der Waals surface area contributed by atoms with Crippen molar-refractivity contribution in [3.8, 4) is 5.75 Å². The minimum Gasteiger partial charge on any atom is -0.480 e. The van der Waals surface area contributed by atoms with Gasteiger partial charge in [0.05, 0.1) is 0 Å². The monoisotopic (exact) mass is 323 g/mol. The smallest absolute Gasteiger partial charge is 0.261 e. The third-order valence-electron chi connectivity index (χ3n) is 5.75. The Morgan fingerprint density at radius 2 is 2.00 bits per heavy atom. The van der Waals surface area contributed by atoms with Gasteiger partial charge in [0, 0.05) is 11.4 Å². The second-order valence-corrected chi connectivity index (χ2v) is 7.28. The molecule has 2 aromatic carbocycles. The number of nitrogens with one attached hydrogen (secondary N) is 1. The Morgan fingerprint density at radius 3 is 2.75 bits per heavy atom. The zero-order chi connectivity index (χ0) is 16.5. The molecule has 0 spiro atoms. The molecule has 3 heteroatoms. The fourth-order valence-electron chi connectivity index (χ4n) is 4.47. The summed E-state index contributed by atoms with van der Waals surface area (Å²) >= 11 is 0. The zero-order valence-corrected chi connectivity index (χ0v) is 14.2. The normalized spacial score (nSPS) is 26.5. The maximum Gasteiger partial charge on any atom is 0.261 e. The summed E-state index contributed by atoms with van der Waals surface area (Å²) in [4.78, 5) is 12.7. The molecule has 24 heavy (non-hydrogen) atoms. The van der Waals surface area contributed by atoms with Crippen LogP contribution in [-0.2, 0) is 4.79 Å². The molecule has 4 rings (SSSR count). The number of hydrogen-bond acceptors (Lipinski definition) is 2. The van der Waals surface area contributed by atoms with Gasteiger partial charge in [-0.1, -0.05) is 49.7 Å². The molecule has 2 aliphatic carbocycles. The molecule has 2 fully saturated rings. The second-order valence-electron chi connectivity index (χ2n) is 7.28. The van der Waals surface area contributed by atoms with Crippen LogP contribution in [-0.4, -0.2) is 18.1 Å². The van der Waals surface area contributed by atoms with E-state index in [-0.39, 0.29) is 5.91 Å². The molecule has 4 atom stereocenters. The molecular weight excluding hydrogens is 298 g/mol. The predicted molar refractivity (Wildman–Crippen MR) is 96.0 cm³/mol. The van der Waals surface area contributed by atoms with Crippen molar-refractivity contribution in [2.24, 2.45) is 11.8 Å². The number of hydrogen-bond donors (Lipinski definition) is 1. The van der Waals surface area contributed by atoms with E-state index in [1.54, 1.807) is 0 Å². The van der Waals surface area contributed by atoms with E-state index in [9.17, 15) is 4.79 Å². The predicted octanol–water partition coefficient (Wildman–Crippen LogP) is 4.30. The summed E-state index contributed by atoms with van der Waals surface area (Å²) < 4.78 is 6.12. The van der Waals surface area contributed by atoms with Gasteiger partial charge in [-0.2, -0.15) is 0 Å². The number of carbonyl (C=O) groups is 1. The van der Waals surface area contributed by atoms with Crippen LogP contribution in [0.1, 0.15) is 39.0 Å². The largest absolute Gasteiger partial charge is 0.480 e. The van der Waals surface area contributed by atoms with Crippen LogP contribution < -0.4 is 10.1 Å². The van der Waals surface area contributed by atoms with Gasteiger partial charge in [0.15, 0.2) is 6.10 Å². The Morgan fingerprint density at radius 1 is 1.17 bits per heavy atom. The molecule has 0 radical (unpaired) electrons. The molecule has 1 amide bonds. The molecule has 2 aromatic rings. The van der Waals surface area contributed by atoms with E-state index in [0.717, 1.165) is 28.9 Å². The lowest BCUT2D eigenvalue weighted by atomic mass is 9.95. The summed E-state index contributed by atoms with van der Waals surface area (Å²) in [6, 6.07) is 14.5. The van der Waals surface area contributed by atoms with E-state index >= 15 is 0 Å². The topological polar surface area (TPSA) is 38.3 Å². The average Bonchev–Trinajstić information content (AvgIpc) is 3.22. The van der Waals surface area contributed by atoms with E-state index in [2.05, 4.69) is 17.4 Å².